The molecule has 3 aromatic rings. The Morgan fingerprint density at radius 2 is 1.84 bits per heavy atom. The average molecular weight is 493 g/mol. The van der Waals surface area contributed by atoms with Gasteiger partial charge in [0.25, 0.3) is 15.9 Å². The molecule has 0 bridgehead atoms. The first kappa shape index (κ1) is 22.2. The second-order valence-corrected chi connectivity index (χ2v) is 11.8. The van der Waals surface area contributed by atoms with Gasteiger partial charge in [-0.15, -0.1) is 11.3 Å². The number of benzene rings is 2. The van der Waals surface area contributed by atoms with Crippen molar-refractivity contribution in [3.05, 3.63) is 65.2 Å². The molecular formula is C20H20N4O5S3. The van der Waals surface area contributed by atoms with Crippen molar-refractivity contribution in [3.8, 4) is 0 Å². The van der Waals surface area contributed by atoms with Gasteiger partial charge in [-0.25, -0.2) is 21.8 Å². The number of anilines is 3. The molecule has 1 atom stereocenters. The van der Waals surface area contributed by atoms with Crippen LogP contribution < -0.4 is 14.3 Å². The number of amides is 1. The molecule has 168 valence electrons. The van der Waals surface area contributed by atoms with Crippen LogP contribution in [-0.4, -0.2) is 40.0 Å². The Kier molecular flexibility index (Phi) is 5.69. The third kappa shape index (κ3) is 4.47. The van der Waals surface area contributed by atoms with Crippen LogP contribution in [0, 0.1) is 0 Å². The van der Waals surface area contributed by atoms with Crippen LogP contribution >= 0.6 is 11.3 Å². The number of rotatable bonds is 6. The second-order valence-electron chi connectivity index (χ2n) is 7.38. The van der Waals surface area contributed by atoms with Crippen molar-refractivity contribution in [1.29, 1.82) is 0 Å². The number of aromatic nitrogens is 1. The highest BCUT2D eigenvalue weighted by atomic mass is 32.2. The summed E-state index contributed by atoms with van der Waals surface area (Å²) in [6, 6.07) is 10.4. The monoisotopic (exact) mass is 492 g/mol. The molecule has 0 spiro atoms. The third-order valence-electron chi connectivity index (χ3n) is 4.93. The summed E-state index contributed by atoms with van der Waals surface area (Å²) in [6.07, 6.45) is 3.18. The molecule has 2 aromatic carbocycles. The van der Waals surface area contributed by atoms with Gasteiger partial charge in [-0.1, -0.05) is 0 Å². The van der Waals surface area contributed by atoms with E-state index in [1.54, 1.807) is 23.6 Å². The van der Waals surface area contributed by atoms with Crippen molar-refractivity contribution in [1.82, 2.24) is 4.98 Å². The molecule has 9 nitrogen and oxygen atoms in total. The molecule has 1 aliphatic heterocycles. The van der Waals surface area contributed by atoms with Gasteiger partial charge in [0.1, 0.15) is 0 Å². The zero-order chi connectivity index (χ0) is 23.1. The van der Waals surface area contributed by atoms with Crippen LogP contribution in [-0.2, 0) is 26.5 Å². The van der Waals surface area contributed by atoms with Crippen LogP contribution in [0.25, 0.3) is 0 Å². The van der Waals surface area contributed by atoms with Gasteiger partial charge in [0, 0.05) is 28.9 Å². The summed E-state index contributed by atoms with van der Waals surface area (Å²) < 4.78 is 52.7. The molecule has 0 fully saturated rings. The van der Waals surface area contributed by atoms with Crippen molar-refractivity contribution in [2.75, 3.05) is 20.6 Å². The minimum Gasteiger partial charge on any atom is -0.322 e. The van der Waals surface area contributed by atoms with Crippen molar-refractivity contribution >= 4 is 53.8 Å². The zero-order valence-corrected chi connectivity index (χ0v) is 19.6. The minimum atomic E-state index is -3.78. The van der Waals surface area contributed by atoms with E-state index in [4.69, 9.17) is 0 Å². The summed E-state index contributed by atoms with van der Waals surface area (Å²) >= 11 is 1.17. The number of sulfonamides is 2. The highest BCUT2D eigenvalue weighted by Gasteiger charge is 2.32. The third-order valence-corrected chi connectivity index (χ3v) is 8.37. The summed E-state index contributed by atoms with van der Waals surface area (Å²) in [5, 5.41) is 4.66. The standard InChI is InChI=1S/C20H20N4O5S3/c1-13-11-15-12-14(3-8-18(15)24(13)31(2,26)27)19(25)22-16-4-6-17(7-5-16)32(28,29)23-20-21-9-10-30-20/h3-10,12-13H,11H2,1-2H3,(H,21,23)(H,22,25). The predicted octanol–water partition coefficient (Wildman–Crippen LogP) is 2.91. The molecule has 12 heteroatoms. The molecule has 4 rings (SSSR count). The largest absolute Gasteiger partial charge is 0.322 e. The summed E-state index contributed by atoms with van der Waals surface area (Å²) in [5.74, 6) is -0.380. The lowest BCUT2D eigenvalue weighted by atomic mass is 10.1. The van der Waals surface area contributed by atoms with Gasteiger partial charge < -0.3 is 5.32 Å². The molecule has 0 saturated heterocycles. The molecule has 0 saturated carbocycles. The van der Waals surface area contributed by atoms with E-state index >= 15 is 0 Å². The fourth-order valence-corrected chi connectivity index (χ4v) is 6.67. The Balaban J connectivity index is 1.49. The predicted molar refractivity (Wildman–Crippen MR) is 124 cm³/mol. The van der Waals surface area contributed by atoms with E-state index in [0.29, 0.717) is 23.4 Å². The van der Waals surface area contributed by atoms with E-state index in [1.165, 1.54) is 46.1 Å². The fraction of sp³-hybridized carbons (Fsp3) is 0.200. The summed E-state index contributed by atoms with van der Waals surface area (Å²) in [5.41, 5.74) is 2.17. The van der Waals surface area contributed by atoms with E-state index in [2.05, 4.69) is 15.0 Å². The lowest BCUT2D eigenvalue weighted by Gasteiger charge is -2.21. The topological polar surface area (TPSA) is 126 Å². The summed E-state index contributed by atoms with van der Waals surface area (Å²) in [7, 11) is -7.18. The smallest absolute Gasteiger partial charge is 0.263 e. The Bertz CT molecular complexity index is 1370. The van der Waals surface area contributed by atoms with Gasteiger partial charge in [0.05, 0.1) is 16.8 Å². The molecule has 0 aliphatic carbocycles. The van der Waals surface area contributed by atoms with Gasteiger partial charge in [-0.05, 0) is 61.4 Å². The molecule has 1 amide bonds. The molecular weight excluding hydrogens is 472 g/mol. The lowest BCUT2D eigenvalue weighted by molar-refractivity contribution is 0.102. The van der Waals surface area contributed by atoms with Crippen molar-refractivity contribution < 1.29 is 21.6 Å². The van der Waals surface area contributed by atoms with Gasteiger partial charge in [-0.2, -0.15) is 0 Å². The van der Waals surface area contributed by atoms with E-state index in [1.807, 2.05) is 6.92 Å². The molecule has 1 aliphatic rings. The molecule has 32 heavy (non-hydrogen) atoms. The maximum absolute atomic E-state index is 12.7. The minimum absolute atomic E-state index is 0.0399. The number of carbonyl (C=O) groups is 1. The van der Waals surface area contributed by atoms with Crippen molar-refractivity contribution in [3.63, 3.8) is 0 Å². The van der Waals surface area contributed by atoms with Crippen LogP contribution in [0.4, 0.5) is 16.5 Å². The number of fused-ring (bicyclic) bond motifs is 1. The number of thiazole rings is 1. The highest BCUT2D eigenvalue weighted by Crippen LogP contribution is 2.34. The van der Waals surface area contributed by atoms with E-state index < -0.39 is 20.0 Å². The number of hydrogen-bond acceptors (Lipinski definition) is 7. The number of nitrogens with one attached hydrogen (secondary N) is 2. The van der Waals surface area contributed by atoms with Crippen LogP contribution in [0.1, 0.15) is 22.8 Å². The number of nitrogens with zero attached hydrogens (tertiary/aromatic N) is 2. The van der Waals surface area contributed by atoms with Crippen LogP contribution in [0.2, 0.25) is 0 Å². The number of carbonyl (C=O) groups excluding carboxylic acids is 1. The van der Waals surface area contributed by atoms with Crippen molar-refractivity contribution in [2.24, 2.45) is 0 Å². The lowest BCUT2D eigenvalue weighted by Crippen LogP contribution is -2.34. The first-order chi connectivity index (χ1) is 15.0. The van der Waals surface area contributed by atoms with Gasteiger partial charge in [0.2, 0.25) is 10.0 Å². The summed E-state index contributed by atoms with van der Waals surface area (Å²) in [4.78, 5) is 16.6. The molecule has 0 radical (unpaired) electrons. The van der Waals surface area contributed by atoms with Crippen LogP contribution in [0.15, 0.2) is 58.9 Å². The Morgan fingerprint density at radius 3 is 2.47 bits per heavy atom. The van der Waals surface area contributed by atoms with Gasteiger partial charge in [-0.3, -0.25) is 13.8 Å². The summed E-state index contributed by atoms with van der Waals surface area (Å²) in [6.45, 7) is 1.82. The van der Waals surface area contributed by atoms with E-state index in [-0.39, 0.29) is 22.0 Å². The average Bonchev–Trinajstić information content (AvgIpc) is 3.33. The first-order valence-electron chi connectivity index (χ1n) is 9.51. The van der Waals surface area contributed by atoms with Gasteiger partial charge in [0.15, 0.2) is 5.13 Å². The van der Waals surface area contributed by atoms with Crippen LogP contribution in [0.5, 0.6) is 0 Å². The second kappa shape index (κ2) is 8.19. The van der Waals surface area contributed by atoms with Crippen LogP contribution in [0.3, 0.4) is 0 Å². The van der Waals surface area contributed by atoms with Gasteiger partial charge >= 0.3 is 0 Å². The number of hydrogen-bond donors (Lipinski definition) is 2. The Hall–Kier alpha value is -2.96. The first-order valence-corrected chi connectivity index (χ1v) is 13.7. The zero-order valence-electron chi connectivity index (χ0n) is 17.1. The molecule has 1 aromatic heterocycles. The highest BCUT2D eigenvalue weighted by molar-refractivity contribution is 7.93. The van der Waals surface area contributed by atoms with E-state index in [0.717, 1.165) is 11.8 Å². The Labute approximate surface area is 190 Å². The Morgan fingerprint density at radius 1 is 1.12 bits per heavy atom. The SMILES string of the molecule is CC1Cc2cc(C(=O)Nc3ccc(S(=O)(=O)Nc4nccs4)cc3)ccc2N1S(C)(=O)=O. The quantitative estimate of drug-likeness (QED) is 0.545. The van der Waals surface area contributed by atoms with E-state index in [9.17, 15) is 21.6 Å². The molecule has 2 N–H and O–H groups in total. The van der Waals surface area contributed by atoms with Crippen molar-refractivity contribution in [2.45, 2.75) is 24.3 Å². The maximum atomic E-state index is 12.7. The molecule has 1 unspecified atom stereocenters. The molecule has 2 heterocycles. The maximum Gasteiger partial charge on any atom is 0.263 e. The fourth-order valence-electron chi connectivity index (χ4n) is 3.62. The normalized spacial score (nSPS) is 15.9.